The van der Waals surface area contributed by atoms with Gasteiger partial charge in [0.1, 0.15) is 0 Å². The van der Waals surface area contributed by atoms with E-state index < -0.39 is 14.9 Å². The Kier molecular flexibility index (Phi) is 4.18. The van der Waals surface area contributed by atoms with Crippen molar-refractivity contribution in [3.8, 4) is 0 Å². The number of benzene rings is 1. The predicted octanol–water partition coefficient (Wildman–Crippen LogP) is 3.01. The number of hydrogen-bond acceptors (Lipinski definition) is 4. The Morgan fingerprint density at radius 2 is 2.04 bits per heavy atom. The van der Waals surface area contributed by atoms with Gasteiger partial charge in [-0.2, -0.15) is 0 Å². The quantitative estimate of drug-likeness (QED) is 0.660. The molecule has 0 saturated heterocycles. The van der Waals surface area contributed by atoms with Gasteiger partial charge in [-0.15, -0.1) is 0 Å². The van der Waals surface area contributed by atoms with Crippen LogP contribution in [0.2, 0.25) is 0 Å². The number of hydrogen-bond donors (Lipinski definition) is 1. The Morgan fingerprint density at radius 3 is 2.61 bits per heavy atom. The Morgan fingerprint density at radius 1 is 1.30 bits per heavy atom. The molecule has 2 fully saturated rings. The van der Waals surface area contributed by atoms with Gasteiger partial charge < -0.3 is 0 Å². The van der Waals surface area contributed by atoms with Crippen LogP contribution in [0.4, 0.5) is 5.69 Å². The fourth-order valence-electron chi connectivity index (χ4n) is 4.29. The number of sulfonamides is 1. The van der Waals surface area contributed by atoms with Gasteiger partial charge in [0.25, 0.3) is 5.69 Å². The third-order valence-electron chi connectivity index (χ3n) is 5.45. The number of nitrogens with one attached hydrogen (secondary N) is 1. The van der Waals surface area contributed by atoms with Gasteiger partial charge in [-0.3, -0.25) is 10.1 Å². The third kappa shape index (κ3) is 3.12. The molecule has 2 saturated carbocycles. The molecule has 1 N–H and O–H groups in total. The highest BCUT2D eigenvalue weighted by atomic mass is 32.2. The Hall–Kier alpha value is -1.47. The molecule has 0 heterocycles. The minimum absolute atomic E-state index is 0.00158. The van der Waals surface area contributed by atoms with Gasteiger partial charge in [-0.1, -0.05) is 12.5 Å². The lowest BCUT2D eigenvalue weighted by molar-refractivity contribution is -0.385. The lowest BCUT2D eigenvalue weighted by Crippen LogP contribution is -2.40. The number of nitro benzene ring substituents is 1. The summed E-state index contributed by atoms with van der Waals surface area (Å²) in [6.07, 6.45) is 4.76. The highest BCUT2D eigenvalue weighted by Crippen LogP contribution is 2.49. The number of rotatable bonds is 5. The van der Waals surface area contributed by atoms with Crippen LogP contribution < -0.4 is 4.72 Å². The second-order valence-corrected chi connectivity index (χ2v) is 8.64. The van der Waals surface area contributed by atoms with Crippen LogP contribution in [0, 0.1) is 34.8 Å². The van der Waals surface area contributed by atoms with Crippen LogP contribution >= 0.6 is 0 Å². The highest BCUT2D eigenvalue weighted by molar-refractivity contribution is 7.89. The average molecular weight is 338 g/mol. The first-order valence-electron chi connectivity index (χ1n) is 8.05. The summed E-state index contributed by atoms with van der Waals surface area (Å²) in [5, 5.41) is 10.9. The molecule has 0 radical (unpaired) electrons. The van der Waals surface area contributed by atoms with E-state index >= 15 is 0 Å². The van der Waals surface area contributed by atoms with Gasteiger partial charge in [0, 0.05) is 18.2 Å². The molecule has 0 aliphatic heterocycles. The molecular formula is C16H22N2O4S. The summed E-state index contributed by atoms with van der Waals surface area (Å²) in [6.45, 7) is 3.57. The molecule has 6 nitrogen and oxygen atoms in total. The molecular weight excluding hydrogens is 316 g/mol. The molecule has 0 aromatic heterocycles. The standard InChI is InChI=1S/C16H22N2O4S/c1-10-3-6-14(18(19)20)9-16(10)23(21,22)17-11(2)15-8-12-4-5-13(15)7-12/h3,6,9,11-13,15,17H,4-5,7-8H2,1-2H3/t11-,12-,13-,15+/m1/s1. The maximum Gasteiger partial charge on any atom is 0.270 e. The second-order valence-electron chi connectivity index (χ2n) is 6.96. The van der Waals surface area contributed by atoms with E-state index in [1.54, 1.807) is 6.92 Å². The van der Waals surface area contributed by atoms with Gasteiger partial charge in [-0.05, 0) is 56.4 Å². The van der Waals surface area contributed by atoms with Crippen LogP contribution in [0.25, 0.3) is 0 Å². The summed E-state index contributed by atoms with van der Waals surface area (Å²) in [6, 6.07) is 3.81. The van der Waals surface area contributed by atoms with Gasteiger partial charge >= 0.3 is 0 Å². The Balaban J connectivity index is 1.81. The van der Waals surface area contributed by atoms with Crippen LogP contribution in [0.3, 0.4) is 0 Å². The van der Waals surface area contributed by atoms with E-state index in [4.69, 9.17) is 0 Å². The topological polar surface area (TPSA) is 89.3 Å². The first kappa shape index (κ1) is 16.4. The van der Waals surface area contributed by atoms with Crippen LogP contribution in [0.15, 0.2) is 23.1 Å². The van der Waals surface area contributed by atoms with E-state index in [9.17, 15) is 18.5 Å². The SMILES string of the molecule is Cc1ccc([N+](=O)[O-])cc1S(=O)(=O)N[C@H](C)[C@@H]1C[C@@H]2CC[C@@H]1C2. The van der Waals surface area contributed by atoms with Crippen molar-refractivity contribution >= 4 is 15.7 Å². The highest BCUT2D eigenvalue weighted by Gasteiger charge is 2.42. The van der Waals surface area contributed by atoms with E-state index in [1.807, 2.05) is 6.92 Å². The van der Waals surface area contributed by atoms with Crippen molar-refractivity contribution in [2.75, 3.05) is 0 Å². The maximum absolute atomic E-state index is 12.7. The van der Waals surface area contributed by atoms with Crippen molar-refractivity contribution in [3.63, 3.8) is 0 Å². The number of fused-ring (bicyclic) bond motifs is 2. The molecule has 0 spiro atoms. The lowest BCUT2D eigenvalue weighted by Gasteiger charge is -2.28. The van der Waals surface area contributed by atoms with E-state index in [2.05, 4.69) is 4.72 Å². The van der Waals surface area contributed by atoms with E-state index in [-0.39, 0.29) is 16.6 Å². The monoisotopic (exact) mass is 338 g/mol. The first-order valence-corrected chi connectivity index (χ1v) is 9.53. The molecule has 2 bridgehead atoms. The van der Waals surface area contributed by atoms with Crippen molar-refractivity contribution in [1.29, 1.82) is 0 Å². The first-order chi connectivity index (χ1) is 10.8. The van der Waals surface area contributed by atoms with Gasteiger partial charge in [0.15, 0.2) is 0 Å². The normalized spacial score (nSPS) is 28.0. The molecule has 1 aromatic rings. The Labute approximate surface area is 136 Å². The average Bonchev–Trinajstić information content (AvgIpc) is 3.09. The zero-order chi connectivity index (χ0) is 16.8. The number of nitrogens with zero attached hydrogens (tertiary/aromatic N) is 1. The fourth-order valence-corrected chi connectivity index (χ4v) is 5.85. The largest absolute Gasteiger partial charge is 0.270 e. The minimum Gasteiger partial charge on any atom is -0.258 e. The van der Waals surface area contributed by atoms with Crippen LogP contribution in [0.5, 0.6) is 0 Å². The lowest BCUT2D eigenvalue weighted by atomic mass is 9.84. The van der Waals surface area contributed by atoms with Crippen LogP contribution in [-0.4, -0.2) is 19.4 Å². The van der Waals surface area contributed by atoms with E-state index in [0.29, 0.717) is 17.4 Å². The molecule has 2 aliphatic rings. The summed E-state index contributed by atoms with van der Waals surface area (Å²) in [5.41, 5.74) is 0.312. The van der Waals surface area contributed by atoms with Gasteiger partial charge in [0.05, 0.1) is 9.82 Å². The summed E-state index contributed by atoms with van der Waals surface area (Å²) in [5.74, 6) is 1.74. The molecule has 2 aliphatic carbocycles. The van der Waals surface area contributed by atoms with E-state index in [1.165, 1.54) is 31.4 Å². The number of non-ortho nitro benzene ring substituents is 1. The molecule has 4 atom stereocenters. The summed E-state index contributed by atoms with van der Waals surface area (Å²) < 4.78 is 28.1. The van der Waals surface area contributed by atoms with Crippen molar-refractivity contribution < 1.29 is 13.3 Å². The summed E-state index contributed by atoms with van der Waals surface area (Å²) in [4.78, 5) is 10.3. The molecule has 126 valence electrons. The summed E-state index contributed by atoms with van der Waals surface area (Å²) in [7, 11) is -3.75. The van der Waals surface area contributed by atoms with Crippen molar-refractivity contribution in [1.82, 2.24) is 4.72 Å². The van der Waals surface area contributed by atoms with Crippen molar-refractivity contribution in [2.24, 2.45) is 17.8 Å². The fraction of sp³-hybridized carbons (Fsp3) is 0.625. The van der Waals surface area contributed by atoms with E-state index in [0.717, 1.165) is 18.4 Å². The minimum atomic E-state index is -3.75. The Bertz CT molecular complexity index is 732. The third-order valence-corrected chi connectivity index (χ3v) is 7.15. The van der Waals surface area contributed by atoms with Crippen molar-refractivity contribution in [3.05, 3.63) is 33.9 Å². The molecule has 7 heteroatoms. The van der Waals surface area contributed by atoms with Gasteiger partial charge in [0.2, 0.25) is 10.0 Å². The summed E-state index contributed by atoms with van der Waals surface area (Å²) >= 11 is 0. The number of aryl methyl sites for hydroxylation is 1. The zero-order valence-electron chi connectivity index (χ0n) is 13.4. The predicted molar refractivity (Wildman–Crippen MR) is 86.6 cm³/mol. The van der Waals surface area contributed by atoms with Gasteiger partial charge in [-0.25, -0.2) is 13.1 Å². The molecule has 1 aromatic carbocycles. The second kappa shape index (κ2) is 5.87. The number of nitro groups is 1. The zero-order valence-corrected chi connectivity index (χ0v) is 14.2. The molecule has 3 rings (SSSR count). The molecule has 23 heavy (non-hydrogen) atoms. The molecule has 0 amide bonds. The maximum atomic E-state index is 12.7. The van der Waals surface area contributed by atoms with Crippen molar-refractivity contribution in [2.45, 2.75) is 50.5 Å². The smallest absolute Gasteiger partial charge is 0.258 e. The molecule has 0 unspecified atom stereocenters. The van der Waals surface area contributed by atoms with Crippen LogP contribution in [0.1, 0.15) is 38.2 Å². The van der Waals surface area contributed by atoms with Crippen LogP contribution in [-0.2, 0) is 10.0 Å².